The highest BCUT2D eigenvalue weighted by atomic mass is 16.3. The van der Waals surface area contributed by atoms with Crippen LogP contribution in [0.5, 0.6) is 0 Å². The third kappa shape index (κ3) is 3.74. The lowest BCUT2D eigenvalue weighted by molar-refractivity contribution is 0.260. The van der Waals surface area contributed by atoms with E-state index in [2.05, 4.69) is 23.7 Å². The molecule has 1 atom stereocenters. The third-order valence-corrected chi connectivity index (χ3v) is 2.07. The summed E-state index contributed by atoms with van der Waals surface area (Å²) in [6.45, 7) is 7.13. The molecule has 2 N–H and O–H groups in total. The molecule has 0 aliphatic rings. The second-order valence-corrected chi connectivity index (χ2v) is 3.00. The fraction of sp³-hybridized carbons (Fsp3) is 0.778. The van der Waals surface area contributed by atoms with Crippen LogP contribution in [0.1, 0.15) is 13.3 Å². The minimum Gasteiger partial charge on any atom is -0.396 e. The number of hydrogen-bond acceptors (Lipinski definition) is 3. The molecule has 0 bridgehead atoms. The number of likely N-dealkylation sites (N-methyl/N-ethyl adjacent to an activating group) is 2. The van der Waals surface area contributed by atoms with Crippen molar-refractivity contribution in [2.24, 2.45) is 0 Å². The summed E-state index contributed by atoms with van der Waals surface area (Å²) in [7, 11) is 3.90. The zero-order valence-corrected chi connectivity index (χ0v) is 8.30. The summed E-state index contributed by atoms with van der Waals surface area (Å²) in [6, 6.07) is 0.300. The van der Waals surface area contributed by atoms with Crippen LogP contribution in [0.2, 0.25) is 0 Å². The maximum atomic E-state index is 8.62. The van der Waals surface area contributed by atoms with Gasteiger partial charge in [-0.1, -0.05) is 6.58 Å². The SMILES string of the molecule is C=C(C(C)NC)N(C)CCCO. The van der Waals surface area contributed by atoms with E-state index in [4.69, 9.17) is 5.11 Å². The van der Waals surface area contributed by atoms with Crippen molar-refractivity contribution in [1.29, 1.82) is 0 Å². The molecule has 0 saturated carbocycles. The van der Waals surface area contributed by atoms with E-state index in [1.807, 2.05) is 14.1 Å². The van der Waals surface area contributed by atoms with E-state index in [1.54, 1.807) is 0 Å². The molecule has 12 heavy (non-hydrogen) atoms. The fourth-order valence-electron chi connectivity index (χ4n) is 0.949. The third-order valence-electron chi connectivity index (χ3n) is 2.07. The molecular formula is C9H20N2O. The molecule has 0 rings (SSSR count). The Balaban J connectivity index is 3.75. The quantitative estimate of drug-likeness (QED) is 0.609. The molecule has 0 saturated heterocycles. The normalized spacial score (nSPS) is 12.7. The molecule has 0 amide bonds. The second kappa shape index (κ2) is 6.03. The van der Waals surface area contributed by atoms with Crippen molar-refractivity contribution in [1.82, 2.24) is 10.2 Å². The van der Waals surface area contributed by atoms with Crippen LogP contribution in [0.4, 0.5) is 0 Å². The van der Waals surface area contributed by atoms with Crippen molar-refractivity contribution < 1.29 is 5.11 Å². The number of aliphatic hydroxyl groups is 1. The Kier molecular flexibility index (Phi) is 5.76. The van der Waals surface area contributed by atoms with Crippen molar-refractivity contribution in [2.45, 2.75) is 19.4 Å². The number of aliphatic hydroxyl groups excluding tert-OH is 1. The maximum absolute atomic E-state index is 8.62. The van der Waals surface area contributed by atoms with Gasteiger partial charge in [-0.15, -0.1) is 0 Å². The van der Waals surface area contributed by atoms with Crippen LogP contribution in [-0.4, -0.2) is 43.3 Å². The molecule has 3 heteroatoms. The first-order valence-electron chi connectivity index (χ1n) is 4.31. The lowest BCUT2D eigenvalue weighted by atomic mass is 10.2. The first-order chi connectivity index (χ1) is 5.63. The van der Waals surface area contributed by atoms with Gasteiger partial charge in [0.1, 0.15) is 0 Å². The summed E-state index contributed by atoms with van der Waals surface area (Å²) >= 11 is 0. The minimum atomic E-state index is 0.242. The van der Waals surface area contributed by atoms with Gasteiger partial charge in [0.2, 0.25) is 0 Å². The zero-order valence-electron chi connectivity index (χ0n) is 8.30. The van der Waals surface area contributed by atoms with Gasteiger partial charge in [-0.25, -0.2) is 0 Å². The van der Waals surface area contributed by atoms with Crippen molar-refractivity contribution in [3.63, 3.8) is 0 Å². The largest absolute Gasteiger partial charge is 0.396 e. The fourth-order valence-corrected chi connectivity index (χ4v) is 0.949. The molecule has 0 spiro atoms. The highest BCUT2D eigenvalue weighted by Gasteiger charge is 2.07. The van der Waals surface area contributed by atoms with E-state index < -0.39 is 0 Å². The number of nitrogens with one attached hydrogen (secondary N) is 1. The maximum Gasteiger partial charge on any atom is 0.0447 e. The van der Waals surface area contributed by atoms with Crippen molar-refractivity contribution in [3.8, 4) is 0 Å². The molecule has 1 unspecified atom stereocenters. The summed E-state index contributed by atoms with van der Waals surface area (Å²) in [6.07, 6.45) is 0.798. The average Bonchev–Trinajstić information content (AvgIpc) is 2.11. The lowest BCUT2D eigenvalue weighted by Gasteiger charge is -2.25. The molecule has 0 aliphatic heterocycles. The molecule has 3 nitrogen and oxygen atoms in total. The molecule has 0 fully saturated rings. The summed E-state index contributed by atoms with van der Waals surface area (Å²) < 4.78 is 0. The number of hydrogen-bond donors (Lipinski definition) is 2. The molecule has 0 aliphatic carbocycles. The van der Waals surface area contributed by atoms with Gasteiger partial charge in [0.05, 0.1) is 0 Å². The first-order valence-corrected chi connectivity index (χ1v) is 4.31. The number of rotatable bonds is 6. The Morgan fingerprint density at radius 3 is 2.67 bits per heavy atom. The molecule has 0 aromatic rings. The van der Waals surface area contributed by atoms with Gasteiger partial charge in [-0.3, -0.25) is 0 Å². The van der Waals surface area contributed by atoms with Crippen LogP contribution >= 0.6 is 0 Å². The van der Waals surface area contributed by atoms with E-state index in [0.29, 0.717) is 6.04 Å². The van der Waals surface area contributed by atoms with E-state index in [0.717, 1.165) is 18.7 Å². The first kappa shape index (κ1) is 11.5. The van der Waals surface area contributed by atoms with E-state index in [9.17, 15) is 0 Å². The van der Waals surface area contributed by atoms with Gasteiger partial charge in [-0.05, 0) is 20.4 Å². The summed E-state index contributed by atoms with van der Waals surface area (Å²) in [5, 5.41) is 11.7. The van der Waals surface area contributed by atoms with Gasteiger partial charge < -0.3 is 15.3 Å². The van der Waals surface area contributed by atoms with Crippen LogP contribution < -0.4 is 5.32 Å². The van der Waals surface area contributed by atoms with E-state index in [-0.39, 0.29) is 6.61 Å². The smallest absolute Gasteiger partial charge is 0.0447 e. The van der Waals surface area contributed by atoms with Gasteiger partial charge in [-0.2, -0.15) is 0 Å². The molecular weight excluding hydrogens is 152 g/mol. The van der Waals surface area contributed by atoms with Crippen molar-refractivity contribution in [2.75, 3.05) is 27.2 Å². The number of nitrogens with zero attached hydrogens (tertiary/aromatic N) is 1. The Labute approximate surface area is 75.1 Å². The van der Waals surface area contributed by atoms with Crippen LogP contribution in [0.15, 0.2) is 12.3 Å². The average molecular weight is 172 g/mol. The van der Waals surface area contributed by atoms with E-state index >= 15 is 0 Å². The van der Waals surface area contributed by atoms with Crippen LogP contribution in [0.3, 0.4) is 0 Å². The standard InChI is InChI=1S/C9H20N2O/c1-8(10-3)9(2)11(4)6-5-7-12/h8,10,12H,2,5-7H2,1,3-4H3. The Morgan fingerprint density at radius 2 is 2.25 bits per heavy atom. The topological polar surface area (TPSA) is 35.5 Å². The Hall–Kier alpha value is -0.540. The van der Waals surface area contributed by atoms with Gasteiger partial charge >= 0.3 is 0 Å². The van der Waals surface area contributed by atoms with Crippen LogP contribution in [0, 0.1) is 0 Å². The Morgan fingerprint density at radius 1 is 1.67 bits per heavy atom. The lowest BCUT2D eigenvalue weighted by Crippen LogP contribution is -2.33. The van der Waals surface area contributed by atoms with Crippen molar-refractivity contribution >= 4 is 0 Å². The van der Waals surface area contributed by atoms with Gasteiger partial charge in [0.25, 0.3) is 0 Å². The predicted molar refractivity (Wildman–Crippen MR) is 52.0 cm³/mol. The van der Waals surface area contributed by atoms with Crippen LogP contribution in [0.25, 0.3) is 0 Å². The summed E-state index contributed by atoms with van der Waals surface area (Å²) in [4.78, 5) is 2.07. The van der Waals surface area contributed by atoms with Gasteiger partial charge in [0.15, 0.2) is 0 Å². The molecule has 0 radical (unpaired) electrons. The monoisotopic (exact) mass is 172 g/mol. The Bertz CT molecular complexity index is 136. The molecule has 72 valence electrons. The minimum absolute atomic E-state index is 0.242. The molecule has 0 aromatic carbocycles. The van der Waals surface area contributed by atoms with Crippen molar-refractivity contribution in [3.05, 3.63) is 12.3 Å². The highest BCUT2D eigenvalue weighted by molar-refractivity contribution is 5.01. The van der Waals surface area contributed by atoms with Gasteiger partial charge in [0, 0.05) is 31.9 Å². The molecule has 0 heterocycles. The zero-order chi connectivity index (χ0) is 9.56. The summed E-state index contributed by atoms with van der Waals surface area (Å²) in [5.74, 6) is 0. The van der Waals surface area contributed by atoms with E-state index in [1.165, 1.54) is 0 Å². The molecule has 0 aromatic heterocycles. The highest BCUT2D eigenvalue weighted by Crippen LogP contribution is 2.03. The predicted octanol–water partition coefficient (Wildman–Crippen LogP) is 0.422. The van der Waals surface area contributed by atoms with Crippen LogP contribution in [-0.2, 0) is 0 Å². The second-order valence-electron chi connectivity index (χ2n) is 3.00. The summed E-state index contributed by atoms with van der Waals surface area (Å²) in [5.41, 5.74) is 1.06.